The molecule has 0 unspecified atom stereocenters. The minimum absolute atomic E-state index is 0.813. The fraction of sp³-hybridized carbons (Fsp3) is 0.158. The first kappa shape index (κ1) is 27.5. The zero-order valence-electron chi connectivity index (χ0n) is 25.3. The molecule has 0 amide bonds. The van der Waals surface area contributed by atoms with E-state index in [2.05, 4.69) is 82.6 Å². The number of aromatic amines is 1. The van der Waals surface area contributed by atoms with E-state index in [-0.39, 0.29) is 0 Å². The Labute approximate surface area is 256 Å². The third-order valence-corrected chi connectivity index (χ3v) is 8.50. The van der Waals surface area contributed by atoms with Gasteiger partial charge >= 0.3 is 0 Å². The lowest BCUT2D eigenvalue weighted by molar-refractivity contribution is 0.414. The highest BCUT2D eigenvalue weighted by molar-refractivity contribution is 6.26. The number of aromatic nitrogens is 2. The summed E-state index contributed by atoms with van der Waals surface area (Å²) in [5.74, 6) is 3.31. The number of hydrogen-bond acceptors (Lipinski definition) is 4. The van der Waals surface area contributed by atoms with Gasteiger partial charge in [-0.15, -0.1) is 0 Å². The van der Waals surface area contributed by atoms with Gasteiger partial charge in [-0.25, -0.2) is 0 Å². The van der Waals surface area contributed by atoms with Crippen LogP contribution in [0.2, 0.25) is 0 Å². The summed E-state index contributed by atoms with van der Waals surface area (Å²) in [6.45, 7) is 0.818. The van der Waals surface area contributed by atoms with Crippen molar-refractivity contribution in [3.05, 3.63) is 109 Å². The van der Waals surface area contributed by atoms with Gasteiger partial charge in [-0.2, -0.15) is 0 Å². The Morgan fingerprint density at radius 1 is 0.614 bits per heavy atom. The number of H-pyrrole nitrogens is 1. The molecule has 0 bridgehead atoms. The molecule has 2 aromatic heterocycles. The van der Waals surface area contributed by atoms with E-state index in [0.29, 0.717) is 0 Å². The molecule has 220 valence electrons. The van der Waals surface area contributed by atoms with Crippen LogP contribution in [0.3, 0.4) is 0 Å². The zero-order chi connectivity index (χ0) is 30.2. The van der Waals surface area contributed by atoms with Crippen LogP contribution >= 0.6 is 0 Å². The number of nitrogens with zero attached hydrogens (tertiary/aromatic N) is 1. The fourth-order valence-corrected chi connectivity index (χ4v) is 6.27. The molecule has 6 nitrogen and oxygen atoms in total. The number of para-hydroxylation sites is 1. The van der Waals surface area contributed by atoms with Crippen molar-refractivity contribution in [1.29, 1.82) is 0 Å². The van der Waals surface area contributed by atoms with Crippen LogP contribution in [0, 0.1) is 0 Å². The molecule has 0 aliphatic carbocycles. The molecular formula is C38H34N2O4. The first-order valence-electron chi connectivity index (χ1n) is 14.7. The Kier molecular flexibility index (Phi) is 7.10. The minimum Gasteiger partial charge on any atom is -0.497 e. The predicted molar refractivity (Wildman–Crippen MR) is 179 cm³/mol. The van der Waals surface area contributed by atoms with Crippen LogP contribution in [0.25, 0.3) is 54.8 Å². The van der Waals surface area contributed by atoms with Crippen molar-refractivity contribution in [2.45, 2.75) is 13.0 Å². The van der Waals surface area contributed by atoms with E-state index in [1.54, 1.807) is 28.4 Å². The molecule has 0 radical (unpaired) electrons. The summed E-state index contributed by atoms with van der Waals surface area (Å²) < 4.78 is 25.1. The summed E-state index contributed by atoms with van der Waals surface area (Å²) in [6, 6.07) is 31.2. The van der Waals surface area contributed by atoms with Gasteiger partial charge in [0.05, 0.1) is 34.0 Å². The maximum Gasteiger partial charge on any atom is 0.151 e. The molecule has 0 aliphatic rings. The SMILES string of the molecule is COc1ccc(CCn2cc(-c3ccc(OC)cc3)c(-c3c(OC)c4[nH]c5ccccc5c4c4cc(OC)ccc34)c2)cc1. The molecule has 0 spiro atoms. The first-order chi connectivity index (χ1) is 21.6. The number of nitrogens with one attached hydrogen (secondary N) is 1. The number of fused-ring (bicyclic) bond motifs is 5. The van der Waals surface area contributed by atoms with Gasteiger partial charge in [-0.1, -0.05) is 42.5 Å². The summed E-state index contributed by atoms with van der Waals surface area (Å²) in [5, 5.41) is 4.49. The number of rotatable bonds is 9. The Morgan fingerprint density at radius 3 is 1.98 bits per heavy atom. The molecular weight excluding hydrogens is 548 g/mol. The molecule has 0 atom stereocenters. The normalized spacial score (nSPS) is 11.4. The third kappa shape index (κ3) is 4.69. The van der Waals surface area contributed by atoms with Crippen LogP contribution in [0.1, 0.15) is 5.56 Å². The smallest absolute Gasteiger partial charge is 0.151 e. The second kappa shape index (κ2) is 11.4. The summed E-state index contributed by atoms with van der Waals surface area (Å²) in [5.41, 5.74) is 7.64. The van der Waals surface area contributed by atoms with Crippen LogP contribution in [0.4, 0.5) is 0 Å². The van der Waals surface area contributed by atoms with E-state index < -0.39 is 0 Å². The van der Waals surface area contributed by atoms with Gasteiger partial charge in [0.1, 0.15) is 17.2 Å². The van der Waals surface area contributed by atoms with Crippen LogP contribution < -0.4 is 18.9 Å². The largest absolute Gasteiger partial charge is 0.497 e. The van der Waals surface area contributed by atoms with Gasteiger partial charge < -0.3 is 28.5 Å². The van der Waals surface area contributed by atoms with E-state index in [1.807, 2.05) is 30.3 Å². The van der Waals surface area contributed by atoms with Gasteiger partial charge in [-0.05, 0) is 76.9 Å². The Hall–Kier alpha value is -5.36. The quantitative estimate of drug-likeness (QED) is 0.185. The lowest BCUT2D eigenvalue weighted by Crippen LogP contribution is -1.98. The van der Waals surface area contributed by atoms with Gasteiger partial charge in [0.2, 0.25) is 0 Å². The number of benzene rings is 5. The monoisotopic (exact) mass is 582 g/mol. The van der Waals surface area contributed by atoms with Crippen molar-refractivity contribution in [2.24, 2.45) is 0 Å². The molecule has 0 fully saturated rings. The van der Waals surface area contributed by atoms with Gasteiger partial charge in [0, 0.05) is 51.9 Å². The Morgan fingerprint density at radius 2 is 1.27 bits per heavy atom. The van der Waals surface area contributed by atoms with Gasteiger partial charge in [0.15, 0.2) is 5.75 Å². The minimum atomic E-state index is 0.813. The topological polar surface area (TPSA) is 57.6 Å². The average molecular weight is 583 g/mol. The Balaban J connectivity index is 1.47. The summed E-state index contributed by atoms with van der Waals surface area (Å²) in [7, 11) is 6.85. The van der Waals surface area contributed by atoms with E-state index in [9.17, 15) is 0 Å². The van der Waals surface area contributed by atoms with Crippen molar-refractivity contribution < 1.29 is 18.9 Å². The predicted octanol–water partition coefficient (Wildman–Crippen LogP) is 8.89. The number of ether oxygens (including phenoxy) is 4. The average Bonchev–Trinajstić information content (AvgIpc) is 3.69. The lowest BCUT2D eigenvalue weighted by atomic mass is 9.91. The molecule has 7 rings (SSSR count). The molecule has 0 saturated carbocycles. The van der Waals surface area contributed by atoms with Crippen LogP contribution in [-0.4, -0.2) is 38.0 Å². The standard InChI is InChI=1S/C38H34N2O4/c1-41-26-13-9-24(10-14-26)19-20-40-22-32(25-11-15-27(42-2)16-12-25)33(23-40)36-29-18-17-28(43-3)21-31(29)35-30-7-5-6-8-34(30)39-37(35)38(36)44-4/h5-18,21-23,39H,19-20H2,1-4H3. The maximum atomic E-state index is 6.29. The van der Waals surface area contributed by atoms with Gasteiger partial charge in [-0.3, -0.25) is 0 Å². The molecule has 2 heterocycles. The van der Waals surface area contributed by atoms with E-state index >= 15 is 0 Å². The number of methoxy groups -OCH3 is 4. The van der Waals surface area contributed by atoms with Crippen molar-refractivity contribution in [2.75, 3.05) is 28.4 Å². The van der Waals surface area contributed by atoms with Crippen molar-refractivity contribution in [3.63, 3.8) is 0 Å². The highest BCUT2D eigenvalue weighted by Gasteiger charge is 2.24. The summed E-state index contributed by atoms with van der Waals surface area (Å²) in [6.07, 6.45) is 5.38. The van der Waals surface area contributed by atoms with Crippen LogP contribution in [-0.2, 0) is 13.0 Å². The van der Waals surface area contributed by atoms with Crippen LogP contribution in [0.15, 0.2) is 103 Å². The molecule has 0 saturated heterocycles. The van der Waals surface area contributed by atoms with Crippen LogP contribution in [0.5, 0.6) is 23.0 Å². The van der Waals surface area contributed by atoms with E-state index in [0.717, 1.165) is 90.8 Å². The third-order valence-electron chi connectivity index (χ3n) is 8.50. The molecule has 44 heavy (non-hydrogen) atoms. The number of hydrogen-bond donors (Lipinski definition) is 1. The number of aryl methyl sites for hydroxylation is 2. The lowest BCUT2D eigenvalue weighted by Gasteiger charge is -2.16. The summed E-state index contributed by atoms with van der Waals surface area (Å²) >= 11 is 0. The molecule has 0 aliphatic heterocycles. The molecule has 5 aromatic carbocycles. The second-order valence-corrected chi connectivity index (χ2v) is 10.9. The zero-order valence-corrected chi connectivity index (χ0v) is 25.3. The highest BCUT2D eigenvalue weighted by atomic mass is 16.5. The molecule has 7 aromatic rings. The van der Waals surface area contributed by atoms with Gasteiger partial charge in [0.25, 0.3) is 0 Å². The van der Waals surface area contributed by atoms with E-state index in [4.69, 9.17) is 18.9 Å². The van der Waals surface area contributed by atoms with Crippen molar-refractivity contribution in [1.82, 2.24) is 9.55 Å². The first-order valence-corrected chi connectivity index (χ1v) is 14.7. The molecule has 1 N–H and O–H groups in total. The highest BCUT2D eigenvalue weighted by Crippen LogP contribution is 2.49. The fourth-order valence-electron chi connectivity index (χ4n) is 6.27. The molecule has 6 heteroatoms. The Bertz CT molecular complexity index is 2100. The summed E-state index contributed by atoms with van der Waals surface area (Å²) in [4.78, 5) is 3.68. The van der Waals surface area contributed by atoms with Crippen molar-refractivity contribution in [3.8, 4) is 45.3 Å². The van der Waals surface area contributed by atoms with E-state index in [1.165, 1.54) is 5.56 Å². The second-order valence-electron chi connectivity index (χ2n) is 10.9. The van der Waals surface area contributed by atoms with Crippen molar-refractivity contribution >= 4 is 32.6 Å². The maximum absolute atomic E-state index is 6.29.